The number of hydrogen-bond acceptors (Lipinski definition) is 3. The molecule has 0 aliphatic carbocycles. The largest absolute Gasteiger partial charge is 0.355 e. The van der Waals surface area contributed by atoms with Gasteiger partial charge in [-0.3, -0.25) is 4.99 Å². The normalized spacial score (nSPS) is 12.5. The minimum Gasteiger partial charge on any atom is -0.355 e. The first-order valence-electron chi connectivity index (χ1n) is 6.40. The van der Waals surface area contributed by atoms with Gasteiger partial charge in [-0.1, -0.05) is 0 Å². The monoisotopic (exact) mass is 379 g/mol. The van der Waals surface area contributed by atoms with E-state index in [0.717, 1.165) is 16.4 Å². The molecule has 0 amide bonds. The first-order chi connectivity index (χ1) is 9.73. The highest BCUT2D eigenvalue weighted by Gasteiger charge is 2.09. The summed E-state index contributed by atoms with van der Waals surface area (Å²) in [5.74, 6) is 0.711. The number of nitrogens with zero attached hydrogens (tertiary/aromatic N) is 3. The van der Waals surface area contributed by atoms with Gasteiger partial charge in [-0.2, -0.15) is 0 Å². The zero-order valence-electron chi connectivity index (χ0n) is 12.7. The molecular weight excluding hydrogens is 358 g/mol. The molecule has 0 radical (unpaired) electrons. The van der Waals surface area contributed by atoms with Crippen molar-refractivity contribution in [2.75, 3.05) is 33.4 Å². The number of guanidine groups is 1. The Balaban J connectivity index is 2.50. The Morgan fingerprint density at radius 2 is 2.14 bits per heavy atom. The Hall–Kier alpha value is -1.06. The molecule has 0 aliphatic heterocycles. The van der Waals surface area contributed by atoms with Crippen LogP contribution in [0.3, 0.4) is 0 Å². The van der Waals surface area contributed by atoms with Crippen LogP contribution in [0.2, 0.25) is 0 Å². The van der Waals surface area contributed by atoms with Gasteiger partial charge in [0.2, 0.25) is 10.0 Å². The Morgan fingerprint density at radius 3 is 2.62 bits per heavy atom. The van der Waals surface area contributed by atoms with Gasteiger partial charge < -0.3 is 14.8 Å². The second kappa shape index (κ2) is 7.81. The summed E-state index contributed by atoms with van der Waals surface area (Å²) in [6, 6.07) is 2.05. The van der Waals surface area contributed by atoms with Crippen LogP contribution in [0.1, 0.15) is 5.69 Å². The lowest BCUT2D eigenvalue weighted by Gasteiger charge is -2.22. The number of aromatic nitrogens is 1. The van der Waals surface area contributed by atoms with E-state index >= 15 is 0 Å². The maximum atomic E-state index is 11.0. The summed E-state index contributed by atoms with van der Waals surface area (Å²) in [4.78, 5) is 6.16. The molecule has 0 fully saturated rings. The highest BCUT2D eigenvalue weighted by atomic mass is 79.9. The van der Waals surface area contributed by atoms with Gasteiger partial charge in [-0.15, -0.1) is 0 Å². The van der Waals surface area contributed by atoms with Crippen LogP contribution < -0.4 is 10.0 Å². The molecule has 1 rings (SSSR count). The Kier molecular flexibility index (Phi) is 6.69. The molecule has 0 unspecified atom stereocenters. The molecular formula is C12H22BrN5O2S. The third-order valence-corrected chi connectivity index (χ3v) is 3.98. The Bertz CT molecular complexity index is 597. The number of nitrogens with one attached hydrogen (secondary N) is 2. The van der Waals surface area contributed by atoms with E-state index in [1.807, 2.05) is 29.8 Å². The maximum Gasteiger partial charge on any atom is 0.208 e. The quantitative estimate of drug-likeness (QED) is 0.424. The third-order valence-electron chi connectivity index (χ3n) is 2.82. The van der Waals surface area contributed by atoms with E-state index in [9.17, 15) is 8.42 Å². The van der Waals surface area contributed by atoms with E-state index in [1.165, 1.54) is 0 Å². The topological polar surface area (TPSA) is 78.7 Å². The summed E-state index contributed by atoms with van der Waals surface area (Å²) in [5, 5.41) is 3.12. The van der Waals surface area contributed by atoms with Crippen LogP contribution in [-0.4, -0.2) is 57.3 Å². The molecule has 2 N–H and O–H groups in total. The highest BCUT2D eigenvalue weighted by molar-refractivity contribution is 9.10. The molecule has 1 aromatic rings. The number of rotatable bonds is 6. The molecule has 0 aliphatic rings. The molecule has 0 atom stereocenters. The van der Waals surface area contributed by atoms with Crippen molar-refractivity contribution in [3.8, 4) is 0 Å². The molecule has 1 aromatic heterocycles. The van der Waals surface area contributed by atoms with Crippen molar-refractivity contribution >= 4 is 31.9 Å². The van der Waals surface area contributed by atoms with E-state index in [2.05, 4.69) is 37.0 Å². The molecule has 0 aromatic carbocycles. The lowest BCUT2D eigenvalue weighted by Crippen LogP contribution is -2.42. The number of aliphatic imine (C=N–C) groups is 1. The Labute approximate surface area is 134 Å². The van der Waals surface area contributed by atoms with Crippen LogP contribution in [0.4, 0.5) is 0 Å². The van der Waals surface area contributed by atoms with Crippen LogP contribution >= 0.6 is 15.9 Å². The molecule has 0 saturated heterocycles. The number of sulfonamides is 1. The van der Waals surface area contributed by atoms with Crippen LogP contribution in [0.25, 0.3) is 0 Å². The van der Waals surface area contributed by atoms with Crippen molar-refractivity contribution in [1.82, 2.24) is 19.5 Å². The van der Waals surface area contributed by atoms with Crippen LogP contribution in [0, 0.1) is 0 Å². The lowest BCUT2D eigenvalue weighted by molar-refractivity contribution is 0.462. The second-order valence-electron chi connectivity index (χ2n) is 4.76. The van der Waals surface area contributed by atoms with E-state index < -0.39 is 10.0 Å². The van der Waals surface area contributed by atoms with E-state index in [1.54, 1.807) is 7.05 Å². The first kappa shape index (κ1) is 18.0. The number of aryl methyl sites for hydroxylation is 1. The summed E-state index contributed by atoms with van der Waals surface area (Å²) in [5.41, 5.74) is 1.14. The number of hydrogen-bond donors (Lipinski definition) is 2. The van der Waals surface area contributed by atoms with Gasteiger partial charge in [0.25, 0.3) is 0 Å². The zero-order chi connectivity index (χ0) is 16.0. The van der Waals surface area contributed by atoms with Crippen molar-refractivity contribution in [2.24, 2.45) is 12.0 Å². The number of halogens is 1. The Morgan fingerprint density at radius 1 is 1.48 bits per heavy atom. The van der Waals surface area contributed by atoms with Crippen molar-refractivity contribution in [3.63, 3.8) is 0 Å². The molecule has 21 heavy (non-hydrogen) atoms. The fourth-order valence-corrected chi connectivity index (χ4v) is 2.88. The van der Waals surface area contributed by atoms with E-state index in [4.69, 9.17) is 0 Å². The van der Waals surface area contributed by atoms with Gasteiger partial charge in [-0.25, -0.2) is 13.1 Å². The molecule has 0 bridgehead atoms. The molecule has 7 nitrogen and oxygen atoms in total. The summed E-state index contributed by atoms with van der Waals surface area (Å²) < 4.78 is 27.5. The smallest absolute Gasteiger partial charge is 0.208 e. The minimum atomic E-state index is -3.15. The molecule has 120 valence electrons. The fraction of sp³-hybridized carbons (Fsp3) is 0.583. The van der Waals surface area contributed by atoms with Crippen molar-refractivity contribution < 1.29 is 8.42 Å². The molecule has 0 spiro atoms. The molecule has 9 heteroatoms. The predicted octanol–water partition coefficient (Wildman–Crippen LogP) is 0.344. The van der Waals surface area contributed by atoms with Crippen molar-refractivity contribution in [2.45, 2.75) is 6.54 Å². The highest BCUT2D eigenvalue weighted by Crippen LogP contribution is 2.14. The van der Waals surface area contributed by atoms with Gasteiger partial charge in [0, 0.05) is 50.6 Å². The zero-order valence-corrected chi connectivity index (χ0v) is 15.1. The average molecular weight is 380 g/mol. The first-order valence-corrected chi connectivity index (χ1v) is 9.08. The van der Waals surface area contributed by atoms with E-state index in [-0.39, 0.29) is 0 Å². The molecule has 1 heterocycles. The standard InChI is InChI=1S/C12H22BrN5O2S/c1-14-12(15-5-6-16-21(4,19)20)18(3)9-11-7-10(13)8-17(11)2/h7-8,16H,5-6,9H2,1-4H3,(H,14,15). The second-order valence-corrected chi connectivity index (χ2v) is 7.51. The minimum absolute atomic E-state index is 0.321. The van der Waals surface area contributed by atoms with Gasteiger partial charge in [0.15, 0.2) is 5.96 Å². The van der Waals surface area contributed by atoms with Crippen molar-refractivity contribution in [3.05, 3.63) is 22.4 Å². The van der Waals surface area contributed by atoms with Gasteiger partial charge in [-0.05, 0) is 22.0 Å². The van der Waals surface area contributed by atoms with Crippen molar-refractivity contribution in [1.29, 1.82) is 0 Å². The van der Waals surface area contributed by atoms with Crippen LogP contribution in [0.5, 0.6) is 0 Å². The van der Waals surface area contributed by atoms with Gasteiger partial charge in [0.05, 0.1) is 12.8 Å². The van der Waals surface area contributed by atoms with Gasteiger partial charge >= 0.3 is 0 Å². The van der Waals surface area contributed by atoms with Crippen LogP contribution in [-0.2, 0) is 23.6 Å². The summed E-state index contributed by atoms with van der Waals surface area (Å²) in [6.45, 7) is 1.49. The summed E-state index contributed by atoms with van der Waals surface area (Å²) in [7, 11) is 2.46. The maximum absolute atomic E-state index is 11.0. The summed E-state index contributed by atoms with van der Waals surface area (Å²) >= 11 is 3.45. The third kappa shape index (κ3) is 6.49. The average Bonchev–Trinajstić information content (AvgIpc) is 2.66. The fourth-order valence-electron chi connectivity index (χ4n) is 1.84. The summed E-state index contributed by atoms with van der Waals surface area (Å²) in [6.07, 6.45) is 3.14. The van der Waals surface area contributed by atoms with E-state index in [0.29, 0.717) is 25.6 Å². The predicted molar refractivity (Wildman–Crippen MR) is 88.8 cm³/mol. The lowest BCUT2D eigenvalue weighted by atomic mass is 10.4. The SMILES string of the molecule is CN=C(NCCNS(C)(=O)=O)N(C)Cc1cc(Br)cn1C. The van der Waals surface area contributed by atoms with Crippen LogP contribution in [0.15, 0.2) is 21.7 Å². The molecule has 0 saturated carbocycles. The van der Waals surface area contributed by atoms with Gasteiger partial charge in [0.1, 0.15) is 0 Å².